The lowest BCUT2D eigenvalue weighted by Crippen LogP contribution is -2.54. The van der Waals surface area contributed by atoms with Crippen molar-refractivity contribution in [3.05, 3.63) is 107 Å². The molecule has 19 heteroatoms. The number of rotatable bonds is 20. The van der Waals surface area contributed by atoms with Gasteiger partial charge in [0.15, 0.2) is 0 Å². The average Bonchev–Trinajstić information content (AvgIpc) is 4.09. The Bertz CT molecular complexity index is 2560. The molecule has 2 unspecified atom stereocenters. The highest BCUT2D eigenvalue weighted by atomic mass is 19.1. The predicted octanol–water partition coefficient (Wildman–Crippen LogP) is 3.81. The summed E-state index contributed by atoms with van der Waals surface area (Å²) >= 11 is 0. The molecule has 2 N–H and O–H groups in total. The Morgan fingerprint density at radius 1 is 0.768 bits per heavy atom. The number of nitrogens with zero attached hydrogens (tertiary/aromatic N) is 7. The monoisotopic (exact) mass is 945 g/mol. The molecule has 2 aromatic carbocycles. The maximum absolute atomic E-state index is 14.1. The fourth-order valence-electron chi connectivity index (χ4n) is 9.40. The van der Waals surface area contributed by atoms with E-state index in [1.54, 1.807) is 30.3 Å². The zero-order chi connectivity index (χ0) is 47.7. The Morgan fingerprint density at radius 3 is 2.28 bits per heavy atom. The van der Waals surface area contributed by atoms with Crippen molar-refractivity contribution in [3.8, 4) is 0 Å². The Balaban J connectivity index is 0.602. The summed E-state index contributed by atoms with van der Waals surface area (Å²) in [6.07, 6.45) is 8.31. The summed E-state index contributed by atoms with van der Waals surface area (Å²) in [5.74, 6) is -0.615. The van der Waals surface area contributed by atoms with Gasteiger partial charge in [-0.1, -0.05) is 18.2 Å². The van der Waals surface area contributed by atoms with Crippen LogP contribution >= 0.6 is 0 Å². The van der Waals surface area contributed by atoms with Gasteiger partial charge in [0.2, 0.25) is 17.7 Å². The first kappa shape index (κ1) is 47.4. The van der Waals surface area contributed by atoms with Crippen LogP contribution in [-0.4, -0.2) is 165 Å². The van der Waals surface area contributed by atoms with Crippen LogP contribution in [0.4, 0.5) is 15.9 Å². The molecule has 0 aliphatic carbocycles. The van der Waals surface area contributed by atoms with Crippen molar-refractivity contribution in [2.24, 2.45) is 9.98 Å². The number of benzene rings is 2. The lowest BCUT2D eigenvalue weighted by molar-refractivity contribution is -0.136. The zero-order valence-corrected chi connectivity index (χ0v) is 38.4. The van der Waals surface area contributed by atoms with Gasteiger partial charge in [-0.25, -0.2) is 9.37 Å². The number of halogens is 1. The molecule has 0 radical (unpaired) electrons. The molecule has 6 aliphatic heterocycles. The van der Waals surface area contributed by atoms with Crippen LogP contribution in [0, 0.1) is 5.82 Å². The number of fused-ring (bicyclic) bond motifs is 2. The molecule has 0 spiro atoms. The number of anilines is 2. The van der Waals surface area contributed by atoms with Gasteiger partial charge in [-0.05, 0) is 79.4 Å². The van der Waals surface area contributed by atoms with E-state index in [0.717, 1.165) is 58.5 Å². The van der Waals surface area contributed by atoms with Crippen molar-refractivity contribution >= 4 is 58.2 Å². The van der Waals surface area contributed by atoms with Crippen LogP contribution < -0.4 is 15.5 Å². The van der Waals surface area contributed by atoms with E-state index in [2.05, 4.69) is 25.4 Å². The maximum Gasteiger partial charge on any atom is 0.262 e. The van der Waals surface area contributed by atoms with E-state index in [0.29, 0.717) is 97.7 Å². The lowest BCUT2D eigenvalue weighted by atomic mass is 9.99. The Kier molecular flexibility index (Phi) is 15.2. The highest BCUT2D eigenvalue weighted by Crippen LogP contribution is 2.36. The Hall–Kier alpha value is -6.67. The van der Waals surface area contributed by atoms with Gasteiger partial charge in [0.1, 0.15) is 29.6 Å². The van der Waals surface area contributed by atoms with Gasteiger partial charge in [-0.15, -0.1) is 0 Å². The van der Waals surface area contributed by atoms with Crippen molar-refractivity contribution in [1.29, 1.82) is 0 Å². The summed E-state index contributed by atoms with van der Waals surface area (Å²) in [4.78, 5) is 84.9. The summed E-state index contributed by atoms with van der Waals surface area (Å²) in [7, 11) is 0. The molecule has 69 heavy (non-hydrogen) atoms. The molecule has 1 aromatic heterocycles. The normalized spacial score (nSPS) is 21.1. The number of aromatic nitrogens is 1. The van der Waals surface area contributed by atoms with Gasteiger partial charge in [0.05, 0.1) is 87.9 Å². The summed E-state index contributed by atoms with van der Waals surface area (Å²) in [6, 6.07) is 16.5. The number of dihydropyridines is 1. The van der Waals surface area contributed by atoms with Crippen LogP contribution in [0.2, 0.25) is 0 Å². The largest absolute Gasteiger partial charge is 0.383 e. The fraction of sp³-hybridized carbons (Fsp3) is 0.440. The number of hydrogen-bond donors (Lipinski definition) is 2. The van der Waals surface area contributed by atoms with E-state index >= 15 is 0 Å². The highest BCUT2D eigenvalue weighted by Gasteiger charge is 2.44. The van der Waals surface area contributed by atoms with Crippen LogP contribution in [0.1, 0.15) is 70.1 Å². The molecule has 362 valence electrons. The quantitative estimate of drug-likeness (QED) is 0.123. The van der Waals surface area contributed by atoms with Crippen molar-refractivity contribution in [2.45, 2.75) is 50.2 Å². The SMILES string of the molecule is O=C1CCC(N2C(=O)c3ccc(NCCOCCOCCOCCOCCC(=O)N4CCN(c5cccc(C6=CN=C7C=CC(N8CCC[C@@H]8c8cccc(F)c8)=NC67)n5)CC4)cc3C2=O)C(=O)N1. The van der Waals surface area contributed by atoms with Crippen LogP contribution in [0.5, 0.6) is 0 Å². The molecule has 3 fully saturated rings. The van der Waals surface area contributed by atoms with E-state index in [1.165, 1.54) is 6.07 Å². The van der Waals surface area contributed by atoms with Gasteiger partial charge in [0.25, 0.3) is 11.8 Å². The number of nitrogens with one attached hydrogen (secondary N) is 2. The number of imide groups is 2. The second kappa shape index (κ2) is 22.2. The first-order chi connectivity index (χ1) is 33.7. The third-order valence-corrected chi connectivity index (χ3v) is 13.0. The second-order valence-electron chi connectivity index (χ2n) is 17.4. The molecular formula is C50H56FN9O9. The minimum Gasteiger partial charge on any atom is -0.383 e. The number of carbonyl (C=O) groups excluding carboxylic acids is 5. The number of pyridine rings is 1. The van der Waals surface area contributed by atoms with E-state index in [-0.39, 0.29) is 47.8 Å². The maximum atomic E-state index is 14.1. The second-order valence-corrected chi connectivity index (χ2v) is 17.4. The van der Waals surface area contributed by atoms with Crippen molar-refractivity contribution < 1.29 is 47.3 Å². The van der Waals surface area contributed by atoms with Crippen LogP contribution in [0.15, 0.2) is 89.0 Å². The summed E-state index contributed by atoms with van der Waals surface area (Å²) in [6.45, 7) is 6.80. The topological polar surface area (TPSA) is 197 Å². The number of amides is 5. The van der Waals surface area contributed by atoms with Crippen molar-refractivity contribution in [2.75, 3.05) is 102 Å². The van der Waals surface area contributed by atoms with Gasteiger partial charge in [-0.2, -0.15) is 0 Å². The number of carbonyl (C=O) groups is 5. The number of ether oxygens (including phenoxy) is 4. The highest BCUT2D eigenvalue weighted by molar-refractivity contribution is 6.24. The smallest absolute Gasteiger partial charge is 0.262 e. The van der Waals surface area contributed by atoms with Crippen LogP contribution in [0.25, 0.3) is 5.57 Å². The predicted molar refractivity (Wildman–Crippen MR) is 253 cm³/mol. The molecule has 0 saturated carbocycles. The molecule has 3 atom stereocenters. The van der Waals surface area contributed by atoms with Crippen LogP contribution in [-0.2, 0) is 33.3 Å². The molecule has 0 bridgehead atoms. The van der Waals surface area contributed by atoms with Gasteiger partial charge in [0, 0.05) is 63.1 Å². The van der Waals surface area contributed by atoms with Gasteiger partial charge in [-0.3, -0.25) is 44.2 Å². The Labute approximate surface area is 399 Å². The third kappa shape index (κ3) is 11.1. The molecule has 7 heterocycles. The zero-order valence-electron chi connectivity index (χ0n) is 38.4. The number of hydrogen-bond acceptors (Lipinski definition) is 15. The average molecular weight is 946 g/mol. The van der Waals surface area contributed by atoms with Crippen molar-refractivity contribution in [3.63, 3.8) is 0 Å². The Morgan fingerprint density at radius 2 is 1.51 bits per heavy atom. The third-order valence-electron chi connectivity index (χ3n) is 13.0. The van der Waals surface area contributed by atoms with E-state index < -0.39 is 29.7 Å². The molecule has 9 rings (SSSR count). The summed E-state index contributed by atoms with van der Waals surface area (Å²) < 4.78 is 36.6. The first-order valence-electron chi connectivity index (χ1n) is 23.7. The lowest BCUT2D eigenvalue weighted by Gasteiger charge is -2.35. The molecule has 5 amide bonds. The first-order valence-corrected chi connectivity index (χ1v) is 23.7. The van der Waals surface area contributed by atoms with E-state index in [1.807, 2.05) is 47.5 Å². The number of likely N-dealkylation sites (tertiary alicyclic amines) is 1. The van der Waals surface area contributed by atoms with Gasteiger partial charge < -0.3 is 39.0 Å². The number of amidine groups is 1. The molecule has 18 nitrogen and oxygen atoms in total. The number of aliphatic imine (C=N–C) groups is 2. The van der Waals surface area contributed by atoms with E-state index in [4.69, 9.17) is 28.9 Å². The van der Waals surface area contributed by atoms with Gasteiger partial charge >= 0.3 is 0 Å². The number of piperidine rings is 1. The van der Waals surface area contributed by atoms with Crippen LogP contribution in [0.3, 0.4) is 0 Å². The summed E-state index contributed by atoms with van der Waals surface area (Å²) in [5, 5.41) is 5.37. The summed E-state index contributed by atoms with van der Waals surface area (Å²) in [5.41, 5.74) is 4.66. The molecule has 3 saturated heterocycles. The standard InChI is InChI=1S/C50H56FN9O9/c51-34-5-1-4-33(30-34)41-7-3-17-59(41)44-13-11-40-47(55-44)38(32-53-40)39-6-2-8-43(54-39)57-18-20-58(21-19-57)46(62)15-22-66-24-26-68-28-29-69-27-25-67-23-16-52-35-9-10-36-37(31-35)50(65)60(49(36)64)42-12-14-45(61)56-48(42)63/h1-2,4-6,8-11,13,30-32,41-42,47,52H,3,7,12,14-29H2,(H,56,61,63)/t41-,42?,47?/m1/s1. The minimum absolute atomic E-state index is 0.0543. The minimum atomic E-state index is -1.01. The molecule has 6 aliphatic rings. The molecular weight excluding hydrogens is 890 g/mol. The fourth-order valence-corrected chi connectivity index (χ4v) is 9.40. The number of piperazine rings is 1. The molecule has 3 aromatic rings. The van der Waals surface area contributed by atoms with Crippen molar-refractivity contribution in [1.82, 2.24) is 25.0 Å². The van der Waals surface area contributed by atoms with E-state index in [9.17, 15) is 28.4 Å².